The smallest absolute Gasteiger partial charge is 0.240 e. The van der Waals surface area contributed by atoms with Crippen molar-refractivity contribution >= 4 is 56.1 Å². The summed E-state index contributed by atoms with van der Waals surface area (Å²) >= 11 is 14.1. The zero-order chi connectivity index (χ0) is 45.0. The van der Waals surface area contributed by atoms with Crippen LogP contribution in [0.2, 0.25) is 10.0 Å². The van der Waals surface area contributed by atoms with Crippen molar-refractivity contribution in [1.82, 2.24) is 29.8 Å². The minimum Gasteiger partial charge on any atom is -0.481 e. The number of amides is 2. The average Bonchev–Trinajstić information content (AvgIpc) is 3.88. The average molecular weight is 937 g/mol. The lowest BCUT2D eigenvalue weighted by atomic mass is 9.88. The highest BCUT2D eigenvalue weighted by Crippen LogP contribution is 2.48. The van der Waals surface area contributed by atoms with Gasteiger partial charge in [0.05, 0.1) is 33.9 Å². The number of hydrogen-bond acceptors (Lipinski definition) is 12. The summed E-state index contributed by atoms with van der Waals surface area (Å²) in [7, 11) is -2.13. The van der Waals surface area contributed by atoms with Gasteiger partial charge in [-0.25, -0.2) is 13.4 Å². The highest BCUT2D eigenvalue weighted by atomic mass is 35.5. The molecular formula is C48H47Cl2N7O7S. The summed E-state index contributed by atoms with van der Waals surface area (Å²) in [5.74, 6) is 0.276. The Balaban J connectivity index is 0.821. The second-order valence-corrected chi connectivity index (χ2v) is 21.8. The number of sulfonamides is 1. The second kappa shape index (κ2) is 15.7. The molecule has 2 amide bonds. The third-order valence-electron chi connectivity index (χ3n) is 14.7. The molecule has 17 heteroatoms. The maximum absolute atomic E-state index is 13.1. The lowest BCUT2D eigenvalue weighted by Gasteiger charge is -2.48. The highest BCUT2D eigenvalue weighted by molar-refractivity contribution is 7.91. The van der Waals surface area contributed by atoms with Gasteiger partial charge in [0.15, 0.2) is 5.58 Å². The first-order valence-electron chi connectivity index (χ1n) is 22.3. The van der Waals surface area contributed by atoms with Crippen molar-refractivity contribution in [3.8, 4) is 40.4 Å². The van der Waals surface area contributed by atoms with Crippen molar-refractivity contribution in [3.63, 3.8) is 0 Å². The predicted molar refractivity (Wildman–Crippen MR) is 243 cm³/mol. The Morgan fingerprint density at radius 2 is 1.75 bits per heavy atom. The van der Waals surface area contributed by atoms with Crippen molar-refractivity contribution in [2.45, 2.75) is 93.7 Å². The summed E-state index contributed by atoms with van der Waals surface area (Å²) in [6.07, 6.45) is 5.65. The molecule has 2 N–H and O–H groups in total. The van der Waals surface area contributed by atoms with E-state index in [1.54, 1.807) is 14.0 Å². The molecule has 3 saturated heterocycles. The monoisotopic (exact) mass is 935 g/mol. The number of methoxy groups -OCH3 is 1. The number of carbonyl (C=O) groups excluding carboxylic acids is 2. The van der Waals surface area contributed by atoms with Gasteiger partial charge in [0.2, 0.25) is 39.5 Å². The molecular weight excluding hydrogens is 890 g/mol. The first kappa shape index (κ1) is 42.4. The van der Waals surface area contributed by atoms with Crippen LogP contribution < -0.4 is 19.5 Å². The van der Waals surface area contributed by atoms with E-state index in [-0.39, 0.29) is 23.6 Å². The molecule has 4 fully saturated rings. The number of aromatic nitrogens is 2. The molecule has 1 saturated carbocycles. The number of benzene rings is 3. The van der Waals surface area contributed by atoms with Crippen molar-refractivity contribution in [1.29, 1.82) is 5.26 Å². The van der Waals surface area contributed by atoms with E-state index in [1.807, 2.05) is 36.4 Å². The van der Waals surface area contributed by atoms with Crippen LogP contribution in [0.4, 0.5) is 0 Å². The van der Waals surface area contributed by atoms with E-state index in [4.69, 9.17) is 47.1 Å². The number of pyridine rings is 1. The number of nitriles is 1. The maximum atomic E-state index is 13.1. The Morgan fingerprint density at radius 3 is 2.51 bits per heavy atom. The second-order valence-electron chi connectivity index (χ2n) is 18.9. The summed E-state index contributed by atoms with van der Waals surface area (Å²) in [5.41, 5.74) is 8.51. The van der Waals surface area contributed by atoms with Crippen LogP contribution in [0.5, 0.6) is 11.8 Å². The number of hydrogen-bond donors (Lipinski definition) is 2. The fourth-order valence-corrected chi connectivity index (χ4v) is 12.7. The van der Waals surface area contributed by atoms with Gasteiger partial charge >= 0.3 is 0 Å². The largest absolute Gasteiger partial charge is 0.481 e. The minimum absolute atomic E-state index is 0.0441. The zero-order valence-corrected chi connectivity index (χ0v) is 38.3. The van der Waals surface area contributed by atoms with Gasteiger partial charge in [-0.2, -0.15) is 10.2 Å². The van der Waals surface area contributed by atoms with E-state index in [2.05, 4.69) is 38.0 Å². The van der Waals surface area contributed by atoms with Gasteiger partial charge in [0, 0.05) is 49.8 Å². The highest BCUT2D eigenvalue weighted by Gasteiger charge is 2.52. The van der Waals surface area contributed by atoms with Crippen LogP contribution in [0.25, 0.3) is 33.7 Å². The molecule has 3 aliphatic carbocycles. The summed E-state index contributed by atoms with van der Waals surface area (Å²) in [6, 6.07) is 18.1. The Bertz CT molecular complexity index is 3000. The van der Waals surface area contributed by atoms with E-state index in [9.17, 15) is 23.3 Å². The van der Waals surface area contributed by atoms with Crippen LogP contribution in [0, 0.1) is 17.2 Å². The van der Waals surface area contributed by atoms with Crippen LogP contribution in [0.15, 0.2) is 52.9 Å². The fraction of sp³-hybridized carbons (Fsp3) is 0.438. The maximum Gasteiger partial charge on any atom is 0.240 e. The van der Waals surface area contributed by atoms with E-state index in [1.165, 1.54) is 0 Å². The molecule has 14 nitrogen and oxygen atoms in total. The number of likely N-dealkylation sites (tertiary alicyclic amines) is 2. The molecule has 6 aliphatic rings. The van der Waals surface area contributed by atoms with Crippen molar-refractivity contribution in [2.75, 3.05) is 33.3 Å². The molecule has 0 unspecified atom stereocenters. The predicted octanol–water partition coefficient (Wildman–Crippen LogP) is 7.58. The number of fused-ring (bicyclic) bond motifs is 3. The number of carbonyl (C=O) groups is 2. The Hall–Kier alpha value is -5.24. The molecule has 5 heterocycles. The molecule has 3 atom stereocenters. The number of halogens is 2. The Labute approximate surface area is 386 Å². The Kier molecular flexibility index (Phi) is 10.2. The molecule has 336 valence electrons. The molecule has 1 spiro atoms. The Morgan fingerprint density at radius 1 is 0.985 bits per heavy atom. The summed E-state index contributed by atoms with van der Waals surface area (Å²) in [4.78, 5) is 39.1. The fourth-order valence-electron chi connectivity index (χ4n) is 10.9. The van der Waals surface area contributed by atoms with Crippen LogP contribution in [0.3, 0.4) is 0 Å². The van der Waals surface area contributed by atoms with Crippen molar-refractivity contribution < 1.29 is 31.9 Å². The van der Waals surface area contributed by atoms with Crippen molar-refractivity contribution in [3.05, 3.63) is 92.0 Å². The molecule has 11 rings (SSSR count). The number of oxazole rings is 1. The third kappa shape index (κ3) is 7.23. The van der Waals surface area contributed by atoms with E-state index in [0.29, 0.717) is 108 Å². The van der Waals surface area contributed by atoms with Gasteiger partial charge in [-0.05, 0) is 111 Å². The molecule has 0 bridgehead atoms. The molecule has 3 aliphatic heterocycles. The SMILES string of the molecule is COc1nc(O[C@H]2CCc3c(-c4cccc(-c5nc6cc7c(c(C#N)c6o5)CC[C@H]7N5CC[C@@H](C(=O)NS(=O)(=O)C6(C)CC6)C5)c4Cl)cccc32)c(Cl)cc1CN1CC2(CCC(=O)N2)C1. The summed E-state index contributed by atoms with van der Waals surface area (Å²) in [6.45, 7) is 4.88. The molecule has 65 heavy (non-hydrogen) atoms. The molecule has 0 radical (unpaired) electrons. The molecule has 5 aromatic rings. The van der Waals surface area contributed by atoms with E-state index >= 15 is 0 Å². The molecule has 3 aromatic carbocycles. The van der Waals surface area contributed by atoms with Gasteiger partial charge in [0.1, 0.15) is 28.3 Å². The van der Waals surface area contributed by atoms with Gasteiger partial charge in [0.25, 0.3) is 0 Å². The summed E-state index contributed by atoms with van der Waals surface area (Å²) < 4.78 is 45.7. The normalized spacial score (nSPS) is 22.9. The van der Waals surface area contributed by atoms with E-state index in [0.717, 1.165) is 71.3 Å². The quantitative estimate of drug-likeness (QED) is 0.133. The van der Waals surface area contributed by atoms with Gasteiger partial charge in [-0.3, -0.25) is 24.1 Å². The number of nitrogens with zero attached hydrogens (tertiary/aromatic N) is 5. The topological polar surface area (TPSA) is 180 Å². The lowest BCUT2D eigenvalue weighted by Crippen LogP contribution is -2.66. The van der Waals surface area contributed by atoms with Crippen molar-refractivity contribution in [2.24, 2.45) is 5.92 Å². The summed E-state index contributed by atoms with van der Waals surface area (Å²) in [5, 5.41) is 14.5. The van der Waals surface area contributed by atoms with Crippen LogP contribution in [-0.4, -0.2) is 83.6 Å². The van der Waals surface area contributed by atoms with E-state index < -0.39 is 26.6 Å². The number of ether oxygens (including phenoxy) is 2. The van der Waals surface area contributed by atoms with Crippen LogP contribution in [0.1, 0.15) is 97.4 Å². The van der Waals surface area contributed by atoms with Gasteiger partial charge in [-0.15, -0.1) is 0 Å². The van der Waals surface area contributed by atoms with Crippen LogP contribution >= 0.6 is 23.2 Å². The van der Waals surface area contributed by atoms with Crippen LogP contribution in [-0.2, 0) is 39.0 Å². The molecule has 2 aromatic heterocycles. The number of rotatable bonds is 11. The van der Waals surface area contributed by atoms with Gasteiger partial charge in [-0.1, -0.05) is 53.5 Å². The minimum atomic E-state index is -3.71. The zero-order valence-electron chi connectivity index (χ0n) is 36.0. The third-order valence-corrected chi connectivity index (χ3v) is 17.5. The first-order chi connectivity index (χ1) is 31.3. The standard InChI is InChI=1S/C48H47Cl2N7O7S/c1-47(16-17-47)65(60,61)55-43(59)26-14-18-57(23-26)38-11-9-30-34(38)20-37-42(35(30)21-51)64-45(52-37)33-8-4-7-32(41(33)50)28-5-3-6-31-29(28)10-12-39(31)63-46-36(49)19-27(44(53-46)62-2)22-56-24-48(25-56)15-13-40(58)54-48/h3-8,19-20,26,38-39H,9-18,22-25H2,1-2H3,(H,54,58)(H,55,59)/t26-,38-,39+/m1/s1. The first-order valence-corrected chi connectivity index (χ1v) is 24.5. The number of nitrogens with one attached hydrogen (secondary N) is 2. The van der Waals surface area contributed by atoms with Gasteiger partial charge < -0.3 is 19.2 Å². The lowest BCUT2D eigenvalue weighted by molar-refractivity contribution is -0.123.